The van der Waals surface area contributed by atoms with Crippen LogP contribution in [0, 0.1) is 0 Å². The van der Waals surface area contributed by atoms with Crippen molar-refractivity contribution in [3.8, 4) is 0 Å². The Bertz CT molecular complexity index is 362. The molecule has 1 aliphatic heterocycles. The molecule has 0 saturated carbocycles. The highest BCUT2D eigenvalue weighted by molar-refractivity contribution is 5.34. The smallest absolute Gasteiger partial charge is 0.0934 e. The molecule has 0 radical (unpaired) electrons. The lowest BCUT2D eigenvalue weighted by Crippen LogP contribution is -2.35. The van der Waals surface area contributed by atoms with Crippen LogP contribution in [0.2, 0.25) is 0 Å². The summed E-state index contributed by atoms with van der Waals surface area (Å²) in [6.07, 6.45) is 8.46. The lowest BCUT2D eigenvalue weighted by atomic mass is 9.79. The van der Waals surface area contributed by atoms with Gasteiger partial charge in [0.15, 0.2) is 0 Å². The molecule has 0 bridgehead atoms. The van der Waals surface area contributed by atoms with E-state index in [1.54, 1.807) is 0 Å². The van der Waals surface area contributed by atoms with E-state index in [0.29, 0.717) is 0 Å². The Morgan fingerprint density at radius 3 is 2.39 bits per heavy atom. The van der Waals surface area contributed by atoms with Gasteiger partial charge in [-0.25, -0.2) is 0 Å². The molecule has 18 heavy (non-hydrogen) atoms. The van der Waals surface area contributed by atoms with E-state index in [9.17, 15) is 0 Å². The van der Waals surface area contributed by atoms with Crippen molar-refractivity contribution in [1.82, 2.24) is 0 Å². The Balaban J connectivity index is 2.28. The van der Waals surface area contributed by atoms with Crippen LogP contribution in [0.4, 0.5) is 0 Å². The largest absolute Gasteiger partial charge is 0.370 e. The maximum atomic E-state index is 6.30. The van der Waals surface area contributed by atoms with Crippen LogP contribution in [-0.2, 0) is 16.8 Å². The predicted octanol–water partition coefficient (Wildman–Crippen LogP) is 4.84. The van der Waals surface area contributed by atoms with Gasteiger partial charge in [0.1, 0.15) is 0 Å². The maximum absolute atomic E-state index is 6.30. The van der Waals surface area contributed by atoms with Gasteiger partial charge in [-0.15, -0.1) is 0 Å². The second kappa shape index (κ2) is 6.38. The summed E-state index contributed by atoms with van der Waals surface area (Å²) >= 11 is 0. The van der Waals surface area contributed by atoms with Gasteiger partial charge in [-0.3, -0.25) is 0 Å². The molecule has 1 heteroatoms. The fourth-order valence-corrected chi connectivity index (χ4v) is 3.08. The van der Waals surface area contributed by atoms with E-state index in [1.807, 2.05) is 0 Å². The van der Waals surface area contributed by atoms with Gasteiger partial charge in [-0.2, -0.15) is 0 Å². The van der Waals surface area contributed by atoms with Crippen molar-refractivity contribution in [3.63, 3.8) is 0 Å². The van der Waals surface area contributed by atoms with Crippen LogP contribution in [0.3, 0.4) is 0 Å². The van der Waals surface area contributed by atoms with Crippen LogP contribution in [0.5, 0.6) is 0 Å². The van der Waals surface area contributed by atoms with Gasteiger partial charge in [0.05, 0.1) is 12.2 Å². The van der Waals surface area contributed by atoms with Gasteiger partial charge in [0.25, 0.3) is 0 Å². The summed E-state index contributed by atoms with van der Waals surface area (Å²) in [5.41, 5.74) is 3.00. The zero-order valence-corrected chi connectivity index (χ0v) is 11.9. The average molecular weight is 246 g/mol. The second-order valence-corrected chi connectivity index (χ2v) is 5.46. The molecular formula is C17H26O. The third-order valence-corrected chi connectivity index (χ3v) is 4.13. The number of unbranched alkanes of at least 4 members (excludes halogenated alkanes) is 2. The quantitative estimate of drug-likeness (QED) is 0.698. The molecule has 1 nitrogen and oxygen atoms in total. The number of rotatable bonds is 6. The molecule has 0 atom stereocenters. The zero-order valence-electron chi connectivity index (χ0n) is 11.9. The molecule has 1 aromatic rings. The zero-order chi connectivity index (χ0) is 12.8. The van der Waals surface area contributed by atoms with Crippen LogP contribution in [0.25, 0.3) is 0 Å². The average Bonchev–Trinajstić information content (AvgIpc) is 2.43. The van der Waals surface area contributed by atoms with Crippen LogP contribution < -0.4 is 0 Å². The summed E-state index contributed by atoms with van der Waals surface area (Å²) in [5, 5.41) is 0. The number of hydrogen-bond donors (Lipinski definition) is 0. The van der Waals surface area contributed by atoms with Crippen molar-refractivity contribution in [3.05, 3.63) is 35.4 Å². The van der Waals surface area contributed by atoms with E-state index >= 15 is 0 Å². The van der Waals surface area contributed by atoms with Crippen molar-refractivity contribution < 1.29 is 4.74 Å². The number of fused-ring (bicyclic) bond motifs is 1. The first-order chi connectivity index (χ1) is 8.82. The Labute approximate surface area is 112 Å². The Morgan fingerprint density at radius 2 is 1.72 bits per heavy atom. The molecule has 0 N–H and O–H groups in total. The third-order valence-electron chi connectivity index (χ3n) is 4.13. The predicted molar refractivity (Wildman–Crippen MR) is 76.8 cm³/mol. The van der Waals surface area contributed by atoms with Crippen molar-refractivity contribution in [2.45, 2.75) is 64.4 Å². The first-order valence-corrected chi connectivity index (χ1v) is 7.55. The first-order valence-electron chi connectivity index (χ1n) is 7.55. The topological polar surface area (TPSA) is 9.23 Å². The lowest BCUT2D eigenvalue weighted by Gasteiger charge is -2.39. The standard InChI is InChI=1S/C17H26O/c1-3-5-12-17(13-6-4-2)16-10-8-7-9-15(16)11-14-18-17/h7-10H,3-6,11-14H2,1-2H3. The molecule has 0 aromatic heterocycles. The van der Waals surface area contributed by atoms with Gasteiger partial charge in [0.2, 0.25) is 0 Å². The molecule has 0 amide bonds. The fraction of sp³-hybridized carbons (Fsp3) is 0.647. The van der Waals surface area contributed by atoms with Gasteiger partial charge < -0.3 is 4.74 Å². The fourth-order valence-electron chi connectivity index (χ4n) is 3.08. The van der Waals surface area contributed by atoms with Crippen molar-refractivity contribution in [2.24, 2.45) is 0 Å². The van der Waals surface area contributed by atoms with Gasteiger partial charge in [0, 0.05) is 0 Å². The molecule has 0 fully saturated rings. The SMILES string of the molecule is CCCCC1(CCCC)OCCc2ccccc21. The maximum Gasteiger partial charge on any atom is 0.0934 e. The second-order valence-electron chi connectivity index (χ2n) is 5.46. The molecule has 0 spiro atoms. The van der Waals surface area contributed by atoms with Gasteiger partial charge in [-0.1, -0.05) is 63.8 Å². The number of ether oxygens (including phenoxy) is 1. The third kappa shape index (κ3) is 2.77. The van der Waals surface area contributed by atoms with Crippen molar-refractivity contribution in [2.75, 3.05) is 6.61 Å². The minimum absolute atomic E-state index is 0.0147. The van der Waals surface area contributed by atoms with Gasteiger partial charge in [-0.05, 0) is 30.4 Å². The van der Waals surface area contributed by atoms with Crippen LogP contribution in [0.1, 0.15) is 63.5 Å². The Hall–Kier alpha value is -0.820. The van der Waals surface area contributed by atoms with Crippen LogP contribution >= 0.6 is 0 Å². The monoisotopic (exact) mass is 246 g/mol. The first kappa shape index (κ1) is 13.6. The number of hydrogen-bond acceptors (Lipinski definition) is 1. The Morgan fingerprint density at radius 1 is 1.06 bits per heavy atom. The minimum Gasteiger partial charge on any atom is -0.370 e. The summed E-state index contributed by atoms with van der Waals surface area (Å²) < 4.78 is 6.30. The summed E-state index contributed by atoms with van der Waals surface area (Å²) in [6, 6.07) is 8.90. The molecule has 1 aromatic carbocycles. The van der Waals surface area contributed by atoms with Gasteiger partial charge >= 0.3 is 0 Å². The van der Waals surface area contributed by atoms with Crippen molar-refractivity contribution in [1.29, 1.82) is 0 Å². The van der Waals surface area contributed by atoms with Crippen LogP contribution in [0.15, 0.2) is 24.3 Å². The van der Waals surface area contributed by atoms with Crippen LogP contribution in [-0.4, -0.2) is 6.61 Å². The molecule has 0 aliphatic carbocycles. The molecule has 100 valence electrons. The summed E-state index contributed by atoms with van der Waals surface area (Å²) in [5.74, 6) is 0. The normalized spacial score (nSPS) is 17.4. The lowest BCUT2D eigenvalue weighted by molar-refractivity contribution is -0.0752. The van der Waals surface area contributed by atoms with E-state index in [2.05, 4.69) is 38.1 Å². The molecule has 1 heterocycles. The van der Waals surface area contributed by atoms with E-state index in [-0.39, 0.29) is 5.60 Å². The van der Waals surface area contributed by atoms with E-state index in [1.165, 1.54) is 49.7 Å². The Kier molecular flexibility index (Phi) is 4.82. The molecule has 0 saturated heterocycles. The summed E-state index contributed by atoms with van der Waals surface area (Å²) in [7, 11) is 0. The highest BCUT2D eigenvalue weighted by Gasteiger charge is 2.36. The molecule has 0 unspecified atom stereocenters. The van der Waals surface area contributed by atoms with E-state index in [0.717, 1.165) is 13.0 Å². The summed E-state index contributed by atoms with van der Waals surface area (Å²) in [4.78, 5) is 0. The highest BCUT2D eigenvalue weighted by atomic mass is 16.5. The van der Waals surface area contributed by atoms with Crippen molar-refractivity contribution >= 4 is 0 Å². The number of benzene rings is 1. The highest BCUT2D eigenvalue weighted by Crippen LogP contribution is 2.41. The van der Waals surface area contributed by atoms with E-state index < -0.39 is 0 Å². The molecular weight excluding hydrogens is 220 g/mol. The minimum atomic E-state index is 0.0147. The van der Waals surface area contributed by atoms with E-state index in [4.69, 9.17) is 4.74 Å². The molecule has 1 aliphatic rings. The summed E-state index contributed by atoms with van der Waals surface area (Å²) in [6.45, 7) is 5.43. The molecule has 2 rings (SSSR count).